The Morgan fingerprint density at radius 2 is 1.87 bits per heavy atom. The molecule has 1 N–H and O–H groups in total. The molecule has 0 fully saturated rings. The van der Waals surface area contributed by atoms with Crippen LogP contribution < -0.4 is 10.2 Å². The molecule has 3 rings (SSSR count). The predicted molar refractivity (Wildman–Crippen MR) is 117 cm³/mol. The van der Waals surface area contributed by atoms with Gasteiger partial charge in [0.1, 0.15) is 11.6 Å². The second kappa shape index (κ2) is 8.45. The number of amides is 1. The van der Waals surface area contributed by atoms with Crippen LogP contribution in [-0.4, -0.2) is 42.0 Å². The van der Waals surface area contributed by atoms with Gasteiger partial charge in [-0.25, -0.2) is 13.4 Å². The van der Waals surface area contributed by atoms with E-state index < -0.39 is 15.7 Å². The van der Waals surface area contributed by atoms with Crippen LogP contribution in [0.2, 0.25) is 5.15 Å². The van der Waals surface area contributed by atoms with E-state index in [1.54, 1.807) is 57.4 Å². The lowest BCUT2D eigenvalue weighted by molar-refractivity contribution is 0.0984. The zero-order valence-electron chi connectivity index (χ0n) is 17.0. The molecule has 0 aliphatic heterocycles. The van der Waals surface area contributed by atoms with Gasteiger partial charge >= 0.3 is 0 Å². The number of nitrogens with zero attached hydrogens (tertiary/aromatic N) is 4. The molecule has 0 unspecified atom stereocenters. The van der Waals surface area contributed by atoms with Crippen molar-refractivity contribution in [3.63, 3.8) is 0 Å². The zero-order chi connectivity index (χ0) is 22.1. The molecule has 0 atom stereocenters. The topological polar surface area (TPSA) is 97.2 Å². The van der Waals surface area contributed by atoms with Gasteiger partial charge in [-0.2, -0.15) is 5.10 Å². The Kier molecular flexibility index (Phi) is 6.14. The molecule has 0 radical (unpaired) electrons. The average Bonchev–Trinajstić information content (AvgIpc) is 2.99. The van der Waals surface area contributed by atoms with Gasteiger partial charge in [-0.15, -0.1) is 0 Å². The Labute approximate surface area is 180 Å². The number of aromatic nitrogens is 3. The first-order chi connectivity index (χ1) is 14.1. The quantitative estimate of drug-likeness (QED) is 0.583. The minimum absolute atomic E-state index is 0.184. The number of pyridine rings is 1. The predicted octanol–water partition coefficient (Wildman–Crippen LogP) is 3.21. The number of nitrogens with one attached hydrogen (secondary N) is 1. The van der Waals surface area contributed by atoms with E-state index in [-0.39, 0.29) is 21.6 Å². The van der Waals surface area contributed by atoms with Crippen LogP contribution in [0.3, 0.4) is 0 Å². The van der Waals surface area contributed by atoms with Gasteiger partial charge < -0.3 is 10.2 Å². The van der Waals surface area contributed by atoms with Crippen molar-refractivity contribution in [2.75, 3.05) is 23.1 Å². The normalized spacial score (nSPS) is 11.4. The van der Waals surface area contributed by atoms with E-state index >= 15 is 0 Å². The summed E-state index contributed by atoms with van der Waals surface area (Å²) in [6.07, 6.45) is 1.53. The molecule has 2 heterocycles. The van der Waals surface area contributed by atoms with E-state index in [1.165, 1.54) is 15.8 Å². The number of rotatable bonds is 6. The molecule has 0 spiro atoms. The van der Waals surface area contributed by atoms with Crippen LogP contribution in [-0.2, 0) is 16.9 Å². The van der Waals surface area contributed by atoms with Crippen LogP contribution in [0.15, 0.2) is 47.5 Å². The van der Waals surface area contributed by atoms with Gasteiger partial charge in [0.05, 0.1) is 22.0 Å². The van der Waals surface area contributed by atoms with Crippen molar-refractivity contribution in [3.8, 4) is 0 Å². The molecular formula is C20H22ClN5O3S. The van der Waals surface area contributed by atoms with Crippen molar-refractivity contribution < 1.29 is 13.2 Å². The van der Waals surface area contributed by atoms with Crippen molar-refractivity contribution >= 4 is 38.7 Å². The highest BCUT2D eigenvalue weighted by molar-refractivity contribution is 7.91. The number of benzene rings is 1. The van der Waals surface area contributed by atoms with Crippen molar-refractivity contribution in [3.05, 3.63) is 64.7 Å². The van der Waals surface area contributed by atoms with Gasteiger partial charge in [0.25, 0.3) is 5.91 Å². The lowest BCUT2D eigenvalue weighted by Crippen LogP contribution is -2.29. The SMILES string of the molecule is Cc1ccc(S(=O)(=O)CNc2c(C)nn(C)c2C(=O)N(C)c2cccnc2Cl)cc1. The highest BCUT2D eigenvalue weighted by Crippen LogP contribution is 2.27. The summed E-state index contributed by atoms with van der Waals surface area (Å²) >= 11 is 6.11. The lowest BCUT2D eigenvalue weighted by atomic mass is 10.2. The third-order valence-corrected chi connectivity index (χ3v) is 6.46. The van der Waals surface area contributed by atoms with Crippen molar-refractivity contribution in [2.24, 2.45) is 7.05 Å². The van der Waals surface area contributed by atoms with E-state index in [1.807, 2.05) is 6.92 Å². The first-order valence-electron chi connectivity index (χ1n) is 9.07. The van der Waals surface area contributed by atoms with E-state index in [0.717, 1.165) is 5.56 Å². The summed E-state index contributed by atoms with van der Waals surface area (Å²) < 4.78 is 26.8. The van der Waals surface area contributed by atoms with Crippen molar-refractivity contribution in [2.45, 2.75) is 18.7 Å². The highest BCUT2D eigenvalue weighted by Gasteiger charge is 2.26. The number of hydrogen-bond donors (Lipinski definition) is 1. The van der Waals surface area contributed by atoms with Crippen LogP contribution in [0.4, 0.5) is 11.4 Å². The maximum Gasteiger partial charge on any atom is 0.278 e. The van der Waals surface area contributed by atoms with Gasteiger partial charge in [0, 0.05) is 20.3 Å². The first kappa shape index (κ1) is 21.8. The second-order valence-electron chi connectivity index (χ2n) is 6.86. The summed E-state index contributed by atoms with van der Waals surface area (Å²) in [7, 11) is -0.415. The lowest BCUT2D eigenvalue weighted by Gasteiger charge is -2.19. The van der Waals surface area contributed by atoms with Gasteiger partial charge in [0.2, 0.25) is 0 Å². The minimum atomic E-state index is -3.61. The fourth-order valence-electron chi connectivity index (χ4n) is 3.01. The number of carbonyl (C=O) groups excluding carboxylic acids is 1. The molecule has 0 aliphatic carbocycles. The van der Waals surface area contributed by atoms with Crippen LogP contribution in [0.25, 0.3) is 0 Å². The van der Waals surface area contributed by atoms with Crippen LogP contribution >= 0.6 is 11.6 Å². The van der Waals surface area contributed by atoms with E-state index in [2.05, 4.69) is 15.4 Å². The number of hydrogen-bond acceptors (Lipinski definition) is 6. The third kappa shape index (κ3) is 4.31. The molecule has 8 nitrogen and oxygen atoms in total. The zero-order valence-corrected chi connectivity index (χ0v) is 18.6. The maximum absolute atomic E-state index is 13.2. The van der Waals surface area contributed by atoms with Crippen LogP contribution in [0, 0.1) is 13.8 Å². The molecule has 0 saturated heterocycles. The molecule has 30 heavy (non-hydrogen) atoms. The fraction of sp³-hybridized carbons (Fsp3) is 0.250. The van der Waals surface area contributed by atoms with Crippen LogP contribution in [0.5, 0.6) is 0 Å². The Hall–Kier alpha value is -2.91. The molecule has 1 aromatic carbocycles. The summed E-state index contributed by atoms with van der Waals surface area (Å²) in [6.45, 7) is 3.59. The number of sulfone groups is 1. The molecule has 158 valence electrons. The minimum Gasteiger partial charge on any atom is -0.368 e. The second-order valence-corrected chi connectivity index (χ2v) is 9.21. The van der Waals surface area contributed by atoms with Crippen LogP contribution in [0.1, 0.15) is 21.7 Å². The molecule has 1 amide bonds. The Bertz CT molecular complexity index is 1190. The van der Waals surface area contributed by atoms with Crippen molar-refractivity contribution in [1.82, 2.24) is 14.8 Å². The van der Waals surface area contributed by atoms with E-state index in [0.29, 0.717) is 17.1 Å². The number of anilines is 2. The van der Waals surface area contributed by atoms with E-state index in [4.69, 9.17) is 11.6 Å². The number of aryl methyl sites for hydroxylation is 3. The molecule has 10 heteroatoms. The Morgan fingerprint density at radius 1 is 1.20 bits per heavy atom. The fourth-order valence-corrected chi connectivity index (χ4v) is 4.31. The van der Waals surface area contributed by atoms with Crippen molar-refractivity contribution in [1.29, 1.82) is 0 Å². The first-order valence-corrected chi connectivity index (χ1v) is 11.1. The molecule has 0 aliphatic rings. The number of carbonyl (C=O) groups is 1. The third-order valence-electron chi connectivity index (χ3n) is 4.65. The van der Waals surface area contributed by atoms with Gasteiger partial charge in [-0.05, 0) is 38.1 Å². The largest absolute Gasteiger partial charge is 0.368 e. The maximum atomic E-state index is 13.2. The summed E-state index contributed by atoms with van der Waals surface area (Å²) in [4.78, 5) is 18.7. The smallest absolute Gasteiger partial charge is 0.278 e. The molecule has 0 saturated carbocycles. The molecule has 2 aromatic heterocycles. The molecule has 3 aromatic rings. The highest BCUT2D eigenvalue weighted by atomic mass is 35.5. The van der Waals surface area contributed by atoms with Gasteiger partial charge in [0.15, 0.2) is 15.0 Å². The summed E-state index contributed by atoms with van der Waals surface area (Å²) in [5, 5.41) is 7.35. The summed E-state index contributed by atoms with van der Waals surface area (Å²) in [5.74, 6) is -0.775. The molecular weight excluding hydrogens is 426 g/mol. The molecule has 0 bridgehead atoms. The summed E-state index contributed by atoms with van der Waals surface area (Å²) in [6, 6.07) is 9.95. The van der Waals surface area contributed by atoms with E-state index in [9.17, 15) is 13.2 Å². The average molecular weight is 448 g/mol. The number of halogens is 1. The Balaban J connectivity index is 1.89. The summed E-state index contributed by atoms with van der Waals surface area (Å²) in [5.41, 5.74) is 2.47. The van der Waals surface area contributed by atoms with Gasteiger partial charge in [-0.1, -0.05) is 29.3 Å². The monoisotopic (exact) mass is 447 g/mol. The standard InChI is InChI=1S/C20H22ClN5O3S/c1-13-7-9-15(10-8-13)30(28,29)12-23-17-14(2)24-26(4)18(17)20(27)25(3)16-6-5-11-22-19(16)21/h5-11,23H,12H2,1-4H3. The Morgan fingerprint density at radius 3 is 2.50 bits per heavy atom. The van der Waals surface area contributed by atoms with Gasteiger partial charge in [-0.3, -0.25) is 9.48 Å².